The number of hydrogen-bond acceptors (Lipinski definition) is 8. The zero-order valence-electron chi connectivity index (χ0n) is 16.4. The predicted molar refractivity (Wildman–Crippen MR) is 113 cm³/mol. The third kappa shape index (κ3) is 3.73. The fraction of sp³-hybridized carbons (Fsp3) is 0.286. The average Bonchev–Trinajstić information content (AvgIpc) is 3.19. The zero-order chi connectivity index (χ0) is 20.5. The molecule has 0 aromatic carbocycles. The second-order valence-electron chi connectivity index (χ2n) is 7.12. The van der Waals surface area contributed by atoms with Gasteiger partial charge in [0.2, 0.25) is 5.95 Å². The van der Waals surface area contributed by atoms with Crippen LogP contribution >= 0.6 is 11.3 Å². The van der Waals surface area contributed by atoms with Gasteiger partial charge in [-0.25, -0.2) is 24.9 Å². The summed E-state index contributed by atoms with van der Waals surface area (Å²) in [5, 5.41) is 3.66. The van der Waals surface area contributed by atoms with Gasteiger partial charge in [-0.3, -0.25) is 0 Å². The summed E-state index contributed by atoms with van der Waals surface area (Å²) in [7, 11) is 0. The molecule has 0 atom stereocenters. The van der Waals surface area contributed by atoms with Crippen molar-refractivity contribution in [3.05, 3.63) is 58.4 Å². The van der Waals surface area contributed by atoms with Crippen LogP contribution in [0, 0.1) is 12.9 Å². The van der Waals surface area contributed by atoms with Crippen LogP contribution in [0.2, 0.25) is 0 Å². The van der Waals surface area contributed by atoms with Gasteiger partial charge in [-0.1, -0.05) is 0 Å². The average molecular weight is 422 g/mol. The second kappa shape index (κ2) is 8.00. The summed E-state index contributed by atoms with van der Waals surface area (Å²) >= 11 is 1.59. The van der Waals surface area contributed by atoms with Crippen LogP contribution in [0.4, 0.5) is 10.2 Å². The van der Waals surface area contributed by atoms with Gasteiger partial charge in [0.15, 0.2) is 0 Å². The van der Waals surface area contributed by atoms with Gasteiger partial charge in [0.25, 0.3) is 0 Å². The van der Waals surface area contributed by atoms with Crippen molar-refractivity contribution in [1.29, 1.82) is 0 Å². The number of rotatable bonds is 4. The number of nitrogens with zero attached hydrogens (tertiary/aromatic N) is 6. The topological polar surface area (TPSA) is 76.9 Å². The molecule has 152 valence electrons. The third-order valence-corrected chi connectivity index (χ3v) is 5.98. The van der Waals surface area contributed by atoms with E-state index in [1.165, 1.54) is 6.33 Å². The molecule has 30 heavy (non-hydrogen) atoms. The van der Waals surface area contributed by atoms with Crippen molar-refractivity contribution in [3.63, 3.8) is 0 Å². The van der Waals surface area contributed by atoms with E-state index in [-0.39, 0.29) is 0 Å². The van der Waals surface area contributed by atoms with Crippen molar-refractivity contribution in [3.8, 4) is 11.3 Å². The quantitative estimate of drug-likeness (QED) is 0.467. The molecule has 0 unspecified atom stereocenters. The molecule has 0 radical (unpaired) electrons. The number of pyridine rings is 2. The Balaban J connectivity index is 1.53. The van der Waals surface area contributed by atoms with E-state index in [0.717, 1.165) is 40.7 Å². The van der Waals surface area contributed by atoms with Gasteiger partial charge in [-0.15, -0.1) is 11.3 Å². The summed E-state index contributed by atoms with van der Waals surface area (Å²) in [6, 6.07) is 3.70. The highest BCUT2D eigenvalue weighted by Gasteiger charge is 2.17. The number of aryl methyl sites for hydroxylation is 1. The van der Waals surface area contributed by atoms with Crippen molar-refractivity contribution in [2.45, 2.75) is 13.3 Å². The SMILES string of the molecule is Cc1csc(Cc2cnc(F)c(-c3ncnc4cc(N5CCOCC5)ncc34)c2)n1. The Morgan fingerprint density at radius 3 is 2.77 bits per heavy atom. The van der Waals surface area contributed by atoms with E-state index in [2.05, 4.69) is 29.8 Å². The first kappa shape index (κ1) is 19.0. The first-order valence-electron chi connectivity index (χ1n) is 9.66. The number of ether oxygens (including phenoxy) is 1. The van der Waals surface area contributed by atoms with Gasteiger partial charge < -0.3 is 9.64 Å². The van der Waals surface area contributed by atoms with Crippen LogP contribution < -0.4 is 4.90 Å². The molecule has 4 aromatic rings. The molecule has 1 aliphatic heterocycles. The molecule has 1 saturated heterocycles. The summed E-state index contributed by atoms with van der Waals surface area (Å²) in [5.74, 6) is 0.272. The summed E-state index contributed by atoms with van der Waals surface area (Å²) in [6.45, 7) is 4.88. The molecule has 4 aromatic heterocycles. The van der Waals surface area contributed by atoms with E-state index >= 15 is 0 Å². The summed E-state index contributed by atoms with van der Waals surface area (Å²) in [6.07, 6.45) is 5.32. The predicted octanol–water partition coefficient (Wildman–Crippen LogP) is 3.42. The van der Waals surface area contributed by atoms with Crippen LogP contribution in [0.1, 0.15) is 16.3 Å². The van der Waals surface area contributed by atoms with Crippen LogP contribution in [0.5, 0.6) is 0 Å². The first-order valence-corrected chi connectivity index (χ1v) is 10.5. The Hall–Kier alpha value is -3.04. The van der Waals surface area contributed by atoms with E-state index < -0.39 is 5.95 Å². The monoisotopic (exact) mass is 422 g/mol. The van der Waals surface area contributed by atoms with Crippen LogP contribution in [-0.2, 0) is 11.2 Å². The Kier molecular flexibility index (Phi) is 5.06. The van der Waals surface area contributed by atoms with Gasteiger partial charge in [-0.2, -0.15) is 4.39 Å². The van der Waals surface area contributed by atoms with Crippen LogP contribution in [-0.4, -0.2) is 51.2 Å². The fourth-order valence-corrected chi connectivity index (χ4v) is 4.34. The maximum absolute atomic E-state index is 14.7. The van der Waals surface area contributed by atoms with Crippen molar-refractivity contribution in [2.75, 3.05) is 31.2 Å². The van der Waals surface area contributed by atoms with Gasteiger partial charge in [-0.05, 0) is 18.6 Å². The third-order valence-electron chi connectivity index (χ3n) is 5.01. The van der Waals surface area contributed by atoms with Crippen molar-refractivity contribution >= 4 is 28.1 Å². The minimum absolute atomic E-state index is 0.342. The maximum Gasteiger partial charge on any atom is 0.222 e. The lowest BCUT2D eigenvalue weighted by Crippen LogP contribution is -2.36. The van der Waals surface area contributed by atoms with Gasteiger partial charge in [0.05, 0.1) is 35.0 Å². The van der Waals surface area contributed by atoms with Gasteiger partial charge in [0, 0.05) is 54.4 Å². The fourth-order valence-electron chi connectivity index (χ4n) is 3.53. The Labute approximate surface area is 176 Å². The normalized spacial score (nSPS) is 14.4. The van der Waals surface area contributed by atoms with Crippen molar-refractivity contribution < 1.29 is 9.13 Å². The van der Waals surface area contributed by atoms with E-state index in [1.54, 1.807) is 29.8 Å². The Morgan fingerprint density at radius 2 is 1.97 bits per heavy atom. The minimum Gasteiger partial charge on any atom is -0.378 e. The summed E-state index contributed by atoms with van der Waals surface area (Å²) in [5.41, 5.74) is 3.41. The Morgan fingerprint density at radius 1 is 1.10 bits per heavy atom. The molecule has 1 aliphatic rings. The molecular formula is C21H19FN6OS. The lowest BCUT2D eigenvalue weighted by molar-refractivity contribution is 0.122. The molecule has 9 heteroatoms. The van der Waals surface area contributed by atoms with Crippen LogP contribution in [0.15, 0.2) is 36.2 Å². The van der Waals surface area contributed by atoms with E-state index in [9.17, 15) is 4.39 Å². The zero-order valence-corrected chi connectivity index (χ0v) is 17.2. The van der Waals surface area contributed by atoms with Crippen LogP contribution in [0.3, 0.4) is 0 Å². The molecule has 0 bridgehead atoms. The molecule has 5 rings (SSSR count). The summed E-state index contributed by atoms with van der Waals surface area (Å²) in [4.78, 5) is 23.9. The van der Waals surface area contributed by atoms with Crippen molar-refractivity contribution in [2.24, 2.45) is 0 Å². The highest BCUT2D eigenvalue weighted by Crippen LogP contribution is 2.29. The lowest BCUT2D eigenvalue weighted by atomic mass is 10.1. The number of aromatic nitrogens is 5. The Bertz CT molecular complexity index is 1210. The maximum atomic E-state index is 14.7. The molecule has 0 N–H and O–H groups in total. The smallest absolute Gasteiger partial charge is 0.222 e. The summed E-state index contributed by atoms with van der Waals surface area (Å²) < 4.78 is 20.1. The number of halogens is 1. The lowest BCUT2D eigenvalue weighted by Gasteiger charge is -2.27. The van der Waals surface area contributed by atoms with Gasteiger partial charge in [0.1, 0.15) is 12.1 Å². The minimum atomic E-state index is -0.564. The molecular weight excluding hydrogens is 403 g/mol. The van der Waals surface area contributed by atoms with E-state index in [0.29, 0.717) is 36.3 Å². The van der Waals surface area contributed by atoms with E-state index in [1.807, 2.05) is 18.4 Å². The highest BCUT2D eigenvalue weighted by atomic mass is 32.1. The number of morpholine rings is 1. The number of thiazole rings is 1. The number of hydrogen-bond donors (Lipinski definition) is 0. The molecule has 7 nitrogen and oxygen atoms in total. The molecule has 1 fully saturated rings. The molecule has 0 aliphatic carbocycles. The molecule has 0 saturated carbocycles. The van der Waals surface area contributed by atoms with Gasteiger partial charge >= 0.3 is 0 Å². The standard InChI is InChI=1S/C21H19FN6OS/c1-13-11-30-19(27-13)7-14-6-15(21(22)24-9-14)20-16-10-23-18(8-17(16)25-12-26-20)28-2-4-29-5-3-28/h6,8-12H,2-5,7H2,1H3. The molecule has 5 heterocycles. The number of fused-ring (bicyclic) bond motifs is 1. The van der Waals surface area contributed by atoms with E-state index in [4.69, 9.17) is 4.74 Å². The van der Waals surface area contributed by atoms with Crippen LogP contribution in [0.25, 0.3) is 22.2 Å². The number of anilines is 1. The molecule has 0 spiro atoms. The highest BCUT2D eigenvalue weighted by molar-refractivity contribution is 7.09. The largest absolute Gasteiger partial charge is 0.378 e. The first-order chi connectivity index (χ1) is 14.7. The van der Waals surface area contributed by atoms with Crippen molar-refractivity contribution in [1.82, 2.24) is 24.9 Å². The molecule has 0 amide bonds. The second-order valence-corrected chi connectivity index (χ2v) is 8.07.